The van der Waals surface area contributed by atoms with E-state index in [4.69, 9.17) is 21.7 Å². The van der Waals surface area contributed by atoms with Gasteiger partial charge in [0.1, 0.15) is 0 Å². The molecule has 1 atom stereocenters. The van der Waals surface area contributed by atoms with Gasteiger partial charge in [0.25, 0.3) is 5.89 Å². The number of thiocarbonyl (C=S) groups is 1. The number of hydrogen-bond donors (Lipinski definition) is 1. The van der Waals surface area contributed by atoms with Crippen molar-refractivity contribution >= 4 is 28.6 Å². The topological polar surface area (TPSA) is 54.2 Å². The summed E-state index contributed by atoms with van der Waals surface area (Å²) in [6.45, 7) is 10.5. The lowest BCUT2D eigenvalue weighted by atomic mass is 9.92. The van der Waals surface area contributed by atoms with Gasteiger partial charge in [-0.1, -0.05) is 66.2 Å². The summed E-state index contributed by atoms with van der Waals surface area (Å²) in [4.78, 5) is 6.90. The molecule has 182 valence electrons. The summed E-state index contributed by atoms with van der Waals surface area (Å²) in [5.74, 6) is 1.05. The van der Waals surface area contributed by atoms with Gasteiger partial charge < -0.3 is 9.84 Å². The maximum atomic E-state index is 5.90. The van der Waals surface area contributed by atoms with E-state index in [1.807, 2.05) is 12.1 Å². The van der Waals surface area contributed by atoms with E-state index in [2.05, 4.69) is 105 Å². The number of aryl methyl sites for hydroxylation is 4. The first-order chi connectivity index (χ1) is 17.4. The molecule has 4 aromatic rings. The van der Waals surface area contributed by atoms with Crippen LogP contribution in [0.4, 0.5) is 5.69 Å². The van der Waals surface area contributed by atoms with Crippen LogP contribution in [0.3, 0.4) is 0 Å². The van der Waals surface area contributed by atoms with E-state index in [1.54, 1.807) is 0 Å². The molecular formula is C30H30N4OS. The second-order valence-electron chi connectivity index (χ2n) is 9.37. The molecule has 5 rings (SSSR count). The Kier molecular flexibility index (Phi) is 6.46. The molecule has 0 aliphatic carbocycles. The van der Waals surface area contributed by atoms with Crippen molar-refractivity contribution in [1.82, 2.24) is 15.5 Å². The minimum absolute atomic E-state index is 0.214. The van der Waals surface area contributed by atoms with Gasteiger partial charge in [0, 0.05) is 16.9 Å². The van der Waals surface area contributed by atoms with Gasteiger partial charge in [-0.2, -0.15) is 4.98 Å². The van der Waals surface area contributed by atoms with Crippen LogP contribution in [-0.2, 0) is 6.42 Å². The Morgan fingerprint density at radius 3 is 2.42 bits per heavy atom. The third-order valence-corrected chi connectivity index (χ3v) is 7.18. The lowest BCUT2D eigenvalue weighted by Gasteiger charge is -2.37. The summed E-state index contributed by atoms with van der Waals surface area (Å²) in [5, 5.41) is 8.54. The van der Waals surface area contributed by atoms with Gasteiger partial charge in [-0.15, -0.1) is 0 Å². The fourth-order valence-corrected chi connectivity index (χ4v) is 5.00. The normalized spacial score (nSPS) is 15.9. The Bertz CT molecular complexity index is 1470. The fourth-order valence-electron chi connectivity index (χ4n) is 4.64. The van der Waals surface area contributed by atoms with Crippen molar-refractivity contribution in [3.05, 3.63) is 106 Å². The highest BCUT2D eigenvalue weighted by Gasteiger charge is 2.35. The number of rotatable bonds is 5. The molecule has 0 spiro atoms. The third-order valence-electron chi connectivity index (χ3n) is 6.88. The second kappa shape index (κ2) is 9.70. The molecule has 2 heterocycles. The van der Waals surface area contributed by atoms with Crippen LogP contribution in [-0.4, -0.2) is 15.3 Å². The SMILES string of the molecule is CCc1ccc(N2C(=S)NC(c3ccc(C)c(C)c3)C(c3nc(-c4cccc(C)c4)no3)=C2C)cc1. The van der Waals surface area contributed by atoms with E-state index in [-0.39, 0.29) is 6.04 Å². The molecule has 6 heteroatoms. The first kappa shape index (κ1) is 23.9. The van der Waals surface area contributed by atoms with Crippen molar-refractivity contribution in [1.29, 1.82) is 0 Å². The van der Waals surface area contributed by atoms with Crippen LogP contribution in [0.2, 0.25) is 0 Å². The number of aromatic nitrogens is 2. The van der Waals surface area contributed by atoms with E-state index < -0.39 is 0 Å². The van der Waals surface area contributed by atoms with Crippen LogP contribution in [0.25, 0.3) is 17.0 Å². The highest BCUT2D eigenvalue weighted by atomic mass is 32.1. The summed E-state index contributed by atoms with van der Waals surface area (Å²) in [7, 11) is 0. The number of nitrogens with zero attached hydrogens (tertiary/aromatic N) is 3. The molecular weight excluding hydrogens is 464 g/mol. The van der Waals surface area contributed by atoms with Crippen LogP contribution < -0.4 is 10.2 Å². The van der Waals surface area contributed by atoms with E-state index in [9.17, 15) is 0 Å². The van der Waals surface area contributed by atoms with Crippen molar-refractivity contribution in [2.24, 2.45) is 0 Å². The van der Waals surface area contributed by atoms with Crippen LogP contribution in [0.15, 0.2) is 77.0 Å². The summed E-state index contributed by atoms with van der Waals surface area (Å²) in [5.41, 5.74) is 9.80. The summed E-state index contributed by atoms with van der Waals surface area (Å²) in [6, 6.07) is 22.9. The second-order valence-corrected chi connectivity index (χ2v) is 9.76. The lowest BCUT2D eigenvalue weighted by molar-refractivity contribution is 0.404. The van der Waals surface area contributed by atoms with Gasteiger partial charge in [-0.25, -0.2) is 0 Å². The molecule has 36 heavy (non-hydrogen) atoms. The average molecular weight is 495 g/mol. The Labute approximate surface area is 217 Å². The van der Waals surface area contributed by atoms with Crippen molar-refractivity contribution in [3.63, 3.8) is 0 Å². The zero-order valence-corrected chi connectivity index (χ0v) is 22.1. The van der Waals surface area contributed by atoms with Crippen molar-refractivity contribution in [3.8, 4) is 11.4 Å². The van der Waals surface area contributed by atoms with Gasteiger partial charge in [-0.05, 0) is 86.8 Å². The molecule has 0 saturated carbocycles. The molecule has 1 N–H and O–H groups in total. The van der Waals surface area contributed by atoms with E-state index >= 15 is 0 Å². The number of hydrogen-bond acceptors (Lipinski definition) is 4. The van der Waals surface area contributed by atoms with Gasteiger partial charge in [0.05, 0.1) is 11.6 Å². The Morgan fingerprint density at radius 2 is 1.72 bits per heavy atom. The lowest BCUT2D eigenvalue weighted by Crippen LogP contribution is -2.46. The molecule has 0 amide bonds. The maximum absolute atomic E-state index is 5.90. The monoisotopic (exact) mass is 494 g/mol. The molecule has 5 nitrogen and oxygen atoms in total. The van der Waals surface area contributed by atoms with Crippen LogP contribution in [0, 0.1) is 20.8 Å². The molecule has 1 unspecified atom stereocenters. The smallest absolute Gasteiger partial charge is 0.258 e. The summed E-state index contributed by atoms with van der Waals surface area (Å²) in [6.07, 6.45) is 0.988. The summed E-state index contributed by atoms with van der Waals surface area (Å²) < 4.78 is 5.90. The molecule has 0 fully saturated rings. The van der Waals surface area contributed by atoms with Crippen molar-refractivity contribution in [2.75, 3.05) is 4.90 Å². The molecule has 3 aromatic carbocycles. The molecule has 0 radical (unpaired) electrons. The van der Waals surface area contributed by atoms with Crippen LogP contribution in [0.5, 0.6) is 0 Å². The summed E-state index contributed by atoms with van der Waals surface area (Å²) >= 11 is 5.90. The zero-order valence-electron chi connectivity index (χ0n) is 21.3. The number of nitrogens with one attached hydrogen (secondary N) is 1. The van der Waals surface area contributed by atoms with Crippen LogP contribution >= 0.6 is 12.2 Å². The molecule has 0 saturated heterocycles. The standard InChI is InChI=1S/C30H30N4OS/c1-6-22-11-14-25(15-12-22)34-21(5)26(27(31-30(34)36)23-13-10-19(3)20(4)17-23)29-32-28(33-35-29)24-9-7-8-18(2)16-24/h7-17,27H,6H2,1-5H3,(H,31,36). The van der Waals surface area contributed by atoms with E-state index in [1.165, 1.54) is 16.7 Å². The minimum atomic E-state index is -0.214. The van der Waals surface area contributed by atoms with Gasteiger partial charge in [0.15, 0.2) is 5.11 Å². The first-order valence-corrected chi connectivity index (χ1v) is 12.6. The van der Waals surface area contributed by atoms with Crippen LogP contribution in [0.1, 0.15) is 53.6 Å². The number of allylic oxidation sites excluding steroid dienone is 1. The maximum Gasteiger partial charge on any atom is 0.258 e. The van der Waals surface area contributed by atoms with E-state index in [0.717, 1.165) is 40.1 Å². The Hall–Kier alpha value is -3.77. The first-order valence-electron chi connectivity index (χ1n) is 12.2. The zero-order chi connectivity index (χ0) is 25.4. The molecule has 0 bridgehead atoms. The number of benzene rings is 3. The van der Waals surface area contributed by atoms with Crippen molar-refractivity contribution in [2.45, 2.75) is 47.1 Å². The highest BCUT2D eigenvalue weighted by molar-refractivity contribution is 7.80. The quantitative estimate of drug-likeness (QED) is 0.299. The minimum Gasteiger partial charge on any atom is -0.351 e. The van der Waals surface area contributed by atoms with Crippen molar-refractivity contribution < 1.29 is 4.52 Å². The molecule has 1 aliphatic heterocycles. The third kappa shape index (κ3) is 4.44. The number of anilines is 1. The average Bonchev–Trinajstić information content (AvgIpc) is 3.35. The Morgan fingerprint density at radius 1 is 0.944 bits per heavy atom. The molecule has 1 aromatic heterocycles. The van der Waals surface area contributed by atoms with Gasteiger partial charge in [0.2, 0.25) is 5.82 Å². The van der Waals surface area contributed by atoms with E-state index in [0.29, 0.717) is 16.8 Å². The predicted molar refractivity (Wildman–Crippen MR) is 150 cm³/mol. The fraction of sp³-hybridized carbons (Fsp3) is 0.233. The Balaban J connectivity index is 1.65. The highest BCUT2D eigenvalue weighted by Crippen LogP contribution is 2.39. The predicted octanol–water partition coefficient (Wildman–Crippen LogP) is 7.09. The molecule has 1 aliphatic rings. The van der Waals surface area contributed by atoms with Gasteiger partial charge in [-0.3, -0.25) is 4.90 Å². The largest absolute Gasteiger partial charge is 0.351 e. The van der Waals surface area contributed by atoms with Gasteiger partial charge >= 0.3 is 0 Å².